The molecule has 1 N–H and O–H groups in total. The van der Waals surface area contributed by atoms with E-state index in [0.29, 0.717) is 11.5 Å². The molecule has 1 aromatic heterocycles. The minimum atomic E-state index is 0.443. The zero-order chi connectivity index (χ0) is 12.9. The average Bonchev–Trinajstić information content (AvgIpc) is 2.75. The Kier molecular flexibility index (Phi) is 2.33. The number of aromatic nitrogens is 2. The summed E-state index contributed by atoms with van der Waals surface area (Å²) in [4.78, 5) is 0. The number of hydrogen-bond acceptors (Lipinski definition) is 2. The molecular weight excluding hydrogens is 234 g/mol. The zero-order valence-corrected chi connectivity index (χ0v) is 11.3. The molecule has 0 amide bonds. The fraction of sp³-hybridized carbons (Fsp3) is 0.438. The van der Waals surface area contributed by atoms with Gasteiger partial charge in [-0.15, -0.1) is 0 Å². The van der Waals surface area contributed by atoms with E-state index in [-0.39, 0.29) is 0 Å². The van der Waals surface area contributed by atoms with E-state index in [2.05, 4.69) is 40.9 Å². The maximum atomic E-state index is 4.22. The van der Waals surface area contributed by atoms with Gasteiger partial charge in [-0.05, 0) is 30.4 Å². The summed E-state index contributed by atoms with van der Waals surface area (Å²) in [7, 11) is 1.97. The molecule has 0 bridgehead atoms. The van der Waals surface area contributed by atoms with E-state index in [1.807, 2.05) is 17.9 Å². The number of nitrogens with one attached hydrogen (secondary N) is 1. The van der Waals surface area contributed by atoms with E-state index in [1.54, 1.807) is 11.1 Å². The lowest BCUT2D eigenvalue weighted by atomic mass is 9.97. The summed E-state index contributed by atoms with van der Waals surface area (Å²) in [6.07, 6.45) is 7.90. The monoisotopic (exact) mass is 253 g/mol. The quantitative estimate of drug-likeness (QED) is 0.908. The Hall–Kier alpha value is -1.61. The van der Waals surface area contributed by atoms with Crippen molar-refractivity contribution < 1.29 is 0 Å². The number of hydrogen-bond donors (Lipinski definition) is 1. The summed E-state index contributed by atoms with van der Waals surface area (Å²) in [5, 5.41) is 7.92. The Morgan fingerprint density at radius 2 is 2.32 bits per heavy atom. The van der Waals surface area contributed by atoms with E-state index in [4.69, 9.17) is 0 Å². The van der Waals surface area contributed by atoms with Crippen LogP contribution in [0.3, 0.4) is 0 Å². The second kappa shape index (κ2) is 3.94. The second-order valence-electron chi connectivity index (χ2n) is 5.97. The lowest BCUT2D eigenvalue weighted by Gasteiger charge is -2.12. The van der Waals surface area contributed by atoms with Crippen molar-refractivity contribution in [3.8, 4) is 0 Å². The smallest absolute Gasteiger partial charge is 0.0534 e. The lowest BCUT2D eigenvalue weighted by Crippen LogP contribution is -2.23. The second-order valence-corrected chi connectivity index (χ2v) is 5.97. The van der Waals surface area contributed by atoms with Gasteiger partial charge in [0.2, 0.25) is 0 Å². The molecule has 0 aliphatic heterocycles. The molecule has 2 aliphatic carbocycles. The average molecular weight is 253 g/mol. The van der Waals surface area contributed by atoms with Crippen molar-refractivity contribution in [1.82, 2.24) is 15.1 Å². The third-order valence-corrected chi connectivity index (χ3v) is 4.78. The van der Waals surface area contributed by atoms with Crippen LogP contribution in [0.4, 0.5) is 0 Å². The van der Waals surface area contributed by atoms with Crippen LogP contribution < -0.4 is 5.32 Å². The molecule has 4 rings (SSSR count). The van der Waals surface area contributed by atoms with E-state index >= 15 is 0 Å². The highest BCUT2D eigenvalue weighted by atomic mass is 15.2. The van der Waals surface area contributed by atoms with Gasteiger partial charge in [-0.2, -0.15) is 5.10 Å². The number of benzene rings is 1. The Balaban J connectivity index is 1.47. The van der Waals surface area contributed by atoms with Crippen molar-refractivity contribution in [2.24, 2.45) is 7.05 Å². The predicted molar refractivity (Wildman–Crippen MR) is 74.9 cm³/mol. The third kappa shape index (κ3) is 1.72. The van der Waals surface area contributed by atoms with Gasteiger partial charge in [0.1, 0.15) is 0 Å². The molecule has 0 radical (unpaired) electrons. The fourth-order valence-corrected chi connectivity index (χ4v) is 3.67. The molecule has 1 spiro atoms. The van der Waals surface area contributed by atoms with Crippen molar-refractivity contribution in [3.63, 3.8) is 0 Å². The Morgan fingerprint density at radius 1 is 1.42 bits per heavy atom. The molecule has 2 aliphatic rings. The van der Waals surface area contributed by atoms with Gasteiger partial charge in [0.15, 0.2) is 0 Å². The highest BCUT2D eigenvalue weighted by Crippen LogP contribution is 2.56. The first kappa shape index (κ1) is 11.2. The summed E-state index contributed by atoms with van der Waals surface area (Å²) in [5.74, 6) is 0. The number of rotatable bonds is 3. The van der Waals surface area contributed by atoms with Crippen LogP contribution in [0, 0.1) is 0 Å². The largest absolute Gasteiger partial charge is 0.309 e. The van der Waals surface area contributed by atoms with Crippen molar-refractivity contribution in [2.45, 2.75) is 37.3 Å². The van der Waals surface area contributed by atoms with Gasteiger partial charge >= 0.3 is 0 Å². The number of fused-ring (bicyclic) bond motifs is 2. The van der Waals surface area contributed by atoms with Gasteiger partial charge in [-0.3, -0.25) is 4.68 Å². The van der Waals surface area contributed by atoms with Crippen LogP contribution in [0.25, 0.3) is 0 Å². The third-order valence-electron chi connectivity index (χ3n) is 4.78. The first-order valence-electron chi connectivity index (χ1n) is 7.07. The first-order chi connectivity index (χ1) is 9.28. The standard InChI is InChI=1S/C16H19N3/c1-19-11-12(10-18-19)9-17-15-8-16(15)7-6-13-4-2-3-5-14(13)16/h2-5,10-11,15,17H,6-9H2,1H3. The molecule has 19 heavy (non-hydrogen) atoms. The van der Waals surface area contributed by atoms with E-state index in [0.717, 1.165) is 6.54 Å². The molecule has 3 nitrogen and oxygen atoms in total. The summed E-state index contributed by atoms with van der Waals surface area (Å²) in [5.41, 5.74) is 4.88. The summed E-state index contributed by atoms with van der Waals surface area (Å²) in [6, 6.07) is 9.62. The highest BCUT2D eigenvalue weighted by molar-refractivity contribution is 5.46. The summed E-state index contributed by atoms with van der Waals surface area (Å²) < 4.78 is 1.87. The van der Waals surface area contributed by atoms with Crippen molar-refractivity contribution >= 4 is 0 Å². The van der Waals surface area contributed by atoms with Crippen LogP contribution in [0.2, 0.25) is 0 Å². The Morgan fingerprint density at radius 3 is 3.16 bits per heavy atom. The van der Waals surface area contributed by atoms with Gasteiger partial charge in [0, 0.05) is 36.8 Å². The highest BCUT2D eigenvalue weighted by Gasteiger charge is 2.57. The maximum Gasteiger partial charge on any atom is 0.0534 e. The van der Waals surface area contributed by atoms with E-state index < -0.39 is 0 Å². The number of aryl methyl sites for hydroxylation is 2. The van der Waals surface area contributed by atoms with Crippen LogP contribution in [0.5, 0.6) is 0 Å². The predicted octanol–water partition coefficient (Wildman–Crippen LogP) is 2.17. The summed E-state index contributed by atoms with van der Waals surface area (Å²) >= 11 is 0. The molecule has 1 saturated carbocycles. The molecule has 3 heteroatoms. The summed E-state index contributed by atoms with van der Waals surface area (Å²) in [6.45, 7) is 0.933. The number of nitrogens with zero attached hydrogens (tertiary/aromatic N) is 2. The minimum absolute atomic E-state index is 0.443. The molecule has 1 aromatic carbocycles. The van der Waals surface area contributed by atoms with Crippen LogP contribution in [-0.4, -0.2) is 15.8 Å². The lowest BCUT2D eigenvalue weighted by molar-refractivity contribution is 0.571. The zero-order valence-electron chi connectivity index (χ0n) is 11.3. The molecule has 2 atom stereocenters. The van der Waals surface area contributed by atoms with Gasteiger partial charge in [0.05, 0.1) is 6.20 Å². The molecule has 98 valence electrons. The van der Waals surface area contributed by atoms with Crippen LogP contribution in [0.1, 0.15) is 29.5 Å². The van der Waals surface area contributed by atoms with Gasteiger partial charge < -0.3 is 5.32 Å². The van der Waals surface area contributed by atoms with Gasteiger partial charge in [-0.25, -0.2) is 0 Å². The van der Waals surface area contributed by atoms with Gasteiger partial charge in [-0.1, -0.05) is 24.3 Å². The van der Waals surface area contributed by atoms with Gasteiger partial charge in [0.25, 0.3) is 0 Å². The maximum absolute atomic E-state index is 4.22. The van der Waals surface area contributed by atoms with Crippen LogP contribution >= 0.6 is 0 Å². The molecule has 2 aromatic rings. The van der Waals surface area contributed by atoms with Crippen molar-refractivity contribution in [1.29, 1.82) is 0 Å². The molecular formula is C16H19N3. The van der Waals surface area contributed by atoms with E-state index in [9.17, 15) is 0 Å². The van der Waals surface area contributed by atoms with Crippen LogP contribution in [-0.2, 0) is 25.4 Å². The van der Waals surface area contributed by atoms with Crippen molar-refractivity contribution in [2.75, 3.05) is 0 Å². The topological polar surface area (TPSA) is 29.9 Å². The minimum Gasteiger partial charge on any atom is -0.309 e. The Bertz CT molecular complexity index is 616. The molecule has 1 heterocycles. The molecule has 0 saturated heterocycles. The van der Waals surface area contributed by atoms with Crippen LogP contribution in [0.15, 0.2) is 36.7 Å². The van der Waals surface area contributed by atoms with Crippen molar-refractivity contribution in [3.05, 3.63) is 53.3 Å². The molecule has 2 unspecified atom stereocenters. The normalized spacial score (nSPS) is 27.7. The Labute approximate surface area is 113 Å². The van der Waals surface area contributed by atoms with E-state index in [1.165, 1.54) is 24.8 Å². The fourth-order valence-electron chi connectivity index (χ4n) is 3.67. The first-order valence-corrected chi connectivity index (χ1v) is 7.07. The SMILES string of the molecule is Cn1cc(CNC2CC23CCc2ccccc23)cn1. The molecule has 1 fully saturated rings.